The molecule has 9 nitrogen and oxygen atoms in total. The highest BCUT2D eigenvalue weighted by molar-refractivity contribution is 5.95. The molecule has 0 aliphatic heterocycles. The van der Waals surface area contributed by atoms with Gasteiger partial charge in [-0.25, -0.2) is 9.37 Å². The second-order valence-electron chi connectivity index (χ2n) is 7.21. The van der Waals surface area contributed by atoms with Crippen molar-refractivity contribution in [3.8, 4) is 17.4 Å². The molecule has 0 radical (unpaired) electrons. The van der Waals surface area contributed by atoms with Crippen LogP contribution in [0, 0.1) is 11.2 Å². The van der Waals surface area contributed by atoms with Crippen molar-refractivity contribution < 1.29 is 23.4 Å². The van der Waals surface area contributed by atoms with E-state index in [1.165, 1.54) is 25.4 Å². The number of anilines is 1. The molecule has 6 N–H and O–H groups in total. The Hall–Kier alpha value is -3.89. The van der Waals surface area contributed by atoms with E-state index in [-0.39, 0.29) is 42.8 Å². The van der Waals surface area contributed by atoms with E-state index in [4.69, 9.17) is 31.1 Å². The number of halogens is 2. The van der Waals surface area contributed by atoms with Crippen molar-refractivity contribution in [3.63, 3.8) is 0 Å². The van der Waals surface area contributed by atoms with E-state index in [9.17, 15) is 9.18 Å². The van der Waals surface area contributed by atoms with Crippen molar-refractivity contribution in [1.29, 1.82) is 5.41 Å². The smallest absolute Gasteiger partial charge is 0.254 e. The van der Waals surface area contributed by atoms with Gasteiger partial charge in [0, 0.05) is 42.0 Å². The molecule has 1 amide bonds. The fourth-order valence-corrected chi connectivity index (χ4v) is 3.12. The zero-order chi connectivity index (χ0) is 24.7. The third-order valence-corrected chi connectivity index (χ3v) is 4.87. The maximum Gasteiger partial charge on any atom is 0.254 e. The third-order valence-electron chi connectivity index (χ3n) is 4.87. The maximum absolute atomic E-state index is 14.6. The first-order valence-electron chi connectivity index (χ1n) is 10.4. The summed E-state index contributed by atoms with van der Waals surface area (Å²) in [5.41, 5.74) is 12.9. The average Bonchev–Trinajstić information content (AvgIpc) is 2.83. The Bertz CT molecular complexity index is 1180. The first kappa shape index (κ1) is 27.4. The van der Waals surface area contributed by atoms with Crippen LogP contribution in [0.4, 0.5) is 10.1 Å². The van der Waals surface area contributed by atoms with Gasteiger partial charge in [-0.15, -0.1) is 12.4 Å². The lowest BCUT2D eigenvalue weighted by Crippen LogP contribution is -2.31. The molecule has 3 rings (SSSR count). The van der Waals surface area contributed by atoms with E-state index in [1.54, 1.807) is 43.3 Å². The number of carbonyl (C=O) groups excluding carboxylic acids is 1. The highest BCUT2D eigenvalue weighted by Gasteiger charge is 2.25. The first-order valence-corrected chi connectivity index (χ1v) is 10.4. The number of nitrogens with one attached hydrogen (secondary N) is 2. The van der Waals surface area contributed by atoms with E-state index in [0.29, 0.717) is 28.3 Å². The number of methoxy groups -OCH3 is 1. The summed E-state index contributed by atoms with van der Waals surface area (Å²) in [6, 6.07) is 12.3. The Morgan fingerprint density at radius 1 is 1.20 bits per heavy atom. The number of aromatic nitrogens is 1. The molecule has 0 unspecified atom stereocenters. The van der Waals surface area contributed by atoms with Gasteiger partial charge < -0.3 is 31.0 Å². The molecule has 0 saturated carbocycles. The van der Waals surface area contributed by atoms with Crippen molar-refractivity contribution in [3.05, 3.63) is 77.2 Å². The number of nitrogens with zero attached hydrogens (tertiary/aromatic N) is 1. The van der Waals surface area contributed by atoms with Gasteiger partial charge >= 0.3 is 0 Å². The lowest BCUT2D eigenvalue weighted by molar-refractivity contribution is -0.133. The number of rotatable bonds is 10. The van der Waals surface area contributed by atoms with Crippen LogP contribution in [0.2, 0.25) is 0 Å². The lowest BCUT2D eigenvalue weighted by atomic mass is 10.1. The van der Waals surface area contributed by atoms with Gasteiger partial charge in [0.2, 0.25) is 5.88 Å². The van der Waals surface area contributed by atoms with Gasteiger partial charge in [-0.2, -0.15) is 0 Å². The number of hydrogen-bond donors (Lipinski definition) is 4. The Kier molecular flexibility index (Phi) is 9.80. The summed E-state index contributed by atoms with van der Waals surface area (Å²) < 4.78 is 31.0. The van der Waals surface area contributed by atoms with Crippen LogP contribution in [-0.2, 0) is 16.1 Å². The van der Waals surface area contributed by atoms with Gasteiger partial charge in [-0.1, -0.05) is 12.1 Å². The number of pyridine rings is 1. The monoisotopic (exact) mass is 503 g/mol. The van der Waals surface area contributed by atoms with Crippen molar-refractivity contribution in [1.82, 2.24) is 10.3 Å². The molecule has 0 saturated heterocycles. The van der Waals surface area contributed by atoms with Crippen LogP contribution >= 0.6 is 12.4 Å². The van der Waals surface area contributed by atoms with E-state index >= 15 is 0 Å². The molecule has 11 heteroatoms. The highest BCUT2D eigenvalue weighted by atomic mass is 35.5. The minimum atomic E-state index is -1.16. The second kappa shape index (κ2) is 12.5. The minimum Gasteiger partial charge on any atom is -0.497 e. The third kappa shape index (κ3) is 7.05. The molecule has 1 atom stereocenters. The van der Waals surface area contributed by atoms with Crippen LogP contribution in [-0.4, -0.2) is 30.4 Å². The zero-order valence-electron chi connectivity index (χ0n) is 19.2. The number of amidine groups is 1. The SMILES string of the molecule is CCO[C@H](C(=O)NCc1ccc(C(=N)N)cc1Oc1ccc(N)cn1)c1ccc(OC)cc1F.Cl. The number of nitrogen functional groups attached to an aromatic ring is 2. The molecule has 1 heterocycles. The maximum atomic E-state index is 14.6. The summed E-state index contributed by atoms with van der Waals surface area (Å²) in [4.78, 5) is 17.0. The summed E-state index contributed by atoms with van der Waals surface area (Å²) in [7, 11) is 1.43. The first-order chi connectivity index (χ1) is 16.3. The van der Waals surface area contributed by atoms with Gasteiger partial charge in [0.15, 0.2) is 6.10 Å². The minimum absolute atomic E-state index is 0. The van der Waals surface area contributed by atoms with Gasteiger partial charge in [-0.3, -0.25) is 10.2 Å². The van der Waals surface area contributed by atoms with Crippen molar-refractivity contribution >= 4 is 29.8 Å². The van der Waals surface area contributed by atoms with E-state index in [1.807, 2.05) is 0 Å². The quantitative estimate of drug-likeness (QED) is 0.244. The predicted molar refractivity (Wildman–Crippen MR) is 133 cm³/mol. The predicted octanol–water partition coefficient (Wildman–Crippen LogP) is 3.70. The molecule has 0 fully saturated rings. The molecular formula is C24H27ClFN5O4. The Balaban J connectivity index is 0.00000432. The molecule has 186 valence electrons. The summed E-state index contributed by atoms with van der Waals surface area (Å²) in [6.45, 7) is 1.96. The zero-order valence-corrected chi connectivity index (χ0v) is 20.0. The van der Waals surface area contributed by atoms with Gasteiger partial charge in [0.25, 0.3) is 5.91 Å². The number of hydrogen-bond acceptors (Lipinski definition) is 7. The summed E-state index contributed by atoms with van der Waals surface area (Å²) in [6.07, 6.45) is 0.289. The molecule has 0 aliphatic rings. The fraction of sp³-hybridized carbons (Fsp3) is 0.208. The Morgan fingerprint density at radius 3 is 2.57 bits per heavy atom. The molecule has 0 aliphatic carbocycles. The van der Waals surface area contributed by atoms with Crippen molar-refractivity contribution in [2.45, 2.75) is 19.6 Å². The molecule has 3 aromatic rings. The van der Waals surface area contributed by atoms with Crippen LogP contribution < -0.4 is 26.3 Å². The number of benzene rings is 2. The van der Waals surface area contributed by atoms with Gasteiger partial charge in [0.1, 0.15) is 23.2 Å². The topological polar surface area (TPSA) is 146 Å². The normalized spacial score (nSPS) is 11.2. The Labute approximate surface area is 208 Å². The number of nitrogens with two attached hydrogens (primary N) is 2. The number of carbonyl (C=O) groups is 1. The van der Waals surface area contributed by atoms with Crippen LogP contribution in [0.15, 0.2) is 54.7 Å². The van der Waals surface area contributed by atoms with E-state index in [0.717, 1.165) is 0 Å². The van der Waals surface area contributed by atoms with E-state index < -0.39 is 17.8 Å². The van der Waals surface area contributed by atoms with Gasteiger partial charge in [-0.05, 0) is 31.2 Å². The lowest BCUT2D eigenvalue weighted by Gasteiger charge is -2.19. The van der Waals surface area contributed by atoms with Crippen LogP contribution in [0.3, 0.4) is 0 Å². The average molecular weight is 504 g/mol. The highest BCUT2D eigenvalue weighted by Crippen LogP contribution is 2.28. The van der Waals surface area contributed by atoms with Crippen LogP contribution in [0.1, 0.15) is 29.7 Å². The summed E-state index contributed by atoms with van der Waals surface area (Å²) >= 11 is 0. The van der Waals surface area contributed by atoms with E-state index in [2.05, 4.69) is 10.3 Å². The second-order valence-corrected chi connectivity index (χ2v) is 7.21. The standard InChI is InChI=1S/C24H26FN5O4.ClH/c1-3-33-22(18-8-7-17(32-2)11-19(18)25)24(31)30-12-15-5-4-14(23(27)28)10-20(15)34-21-9-6-16(26)13-29-21;/h4-11,13,22H,3,12,26H2,1-2H3,(H3,27,28)(H,30,31);1H/t22-;/m0./s1. The van der Waals surface area contributed by atoms with Crippen molar-refractivity contribution in [2.75, 3.05) is 19.5 Å². The molecular weight excluding hydrogens is 477 g/mol. The van der Waals surface area contributed by atoms with Crippen LogP contribution in [0.5, 0.6) is 17.4 Å². The van der Waals surface area contributed by atoms with Crippen molar-refractivity contribution in [2.24, 2.45) is 5.73 Å². The number of ether oxygens (including phenoxy) is 3. The summed E-state index contributed by atoms with van der Waals surface area (Å²) in [5.74, 6) is -0.336. The molecule has 2 aromatic carbocycles. The fourth-order valence-electron chi connectivity index (χ4n) is 3.12. The molecule has 0 bridgehead atoms. The summed E-state index contributed by atoms with van der Waals surface area (Å²) in [5, 5.41) is 10.4. The van der Waals surface area contributed by atoms with Gasteiger partial charge in [0.05, 0.1) is 19.0 Å². The largest absolute Gasteiger partial charge is 0.497 e. The molecule has 35 heavy (non-hydrogen) atoms. The Morgan fingerprint density at radius 2 is 1.97 bits per heavy atom. The molecule has 0 spiro atoms. The van der Waals surface area contributed by atoms with Crippen LogP contribution in [0.25, 0.3) is 0 Å². The number of amides is 1. The molecule has 1 aromatic heterocycles.